The van der Waals surface area contributed by atoms with Crippen LogP contribution < -0.4 is 4.90 Å². The minimum Gasteiger partial charge on any atom is -0.362 e. The van der Waals surface area contributed by atoms with Crippen molar-refractivity contribution in [3.05, 3.63) is 29.3 Å². The van der Waals surface area contributed by atoms with Gasteiger partial charge < -0.3 is 4.90 Å². The Morgan fingerprint density at radius 1 is 1.38 bits per heavy atom. The van der Waals surface area contributed by atoms with E-state index in [1.54, 1.807) is 0 Å². The van der Waals surface area contributed by atoms with Crippen LogP contribution in [0.3, 0.4) is 0 Å². The third kappa shape index (κ3) is 1.79. The molecule has 1 aromatic carbocycles. The molecule has 0 aromatic heterocycles. The Morgan fingerprint density at radius 3 is 2.69 bits per heavy atom. The minimum absolute atomic E-state index is 0.0285. The zero-order valence-electron chi connectivity index (χ0n) is 9.53. The Morgan fingerprint density at radius 2 is 2.12 bits per heavy atom. The molecule has 0 saturated carbocycles. The molecule has 0 N–H and O–H groups in total. The van der Waals surface area contributed by atoms with Crippen LogP contribution in [0.25, 0.3) is 0 Å². The lowest BCUT2D eigenvalue weighted by molar-refractivity contribution is -0.118. The average Bonchev–Trinajstić information content (AvgIpc) is 2.64. The molecule has 2 rings (SSSR count). The number of Topliss-reactive ketones (excluding diaryl/α,β-unsaturated/α-hetero) is 1. The van der Waals surface area contributed by atoms with Crippen LogP contribution in [0.5, 0.6) is 0 Å². The molecule has 1 heterocycles. The van der Waals surface area contributed by atoms with E-state index >= 15 is 0 Å². The van der Waals surface area contributed by atoms with Gasteiger partial charge in [-0.05, 0) is 37.1 Å². The fourth-order valence-corrected chi connectivity index (χ4v) is 1.92. The normalized spacial score (nSPS) is 19.9. The molecule has 1 aliphatic heterocycles. The van der Waals surface area contributed by atoms with Crippen molar-refractivity contribution in [1.29, 1.82) is 5.26 Å². The maximum Gasteiger partial charge on any atom is 0.170 e. The van der Waals surface area contributed by atoms with Gasteiger partial charge in [-0.2, -0.15) is 5.26 Å². The number of rotatable bonds is 1. The molecule has 0 aliphatic carbocycles. The smallest absolute Gasteiger partial charge is 0.170 e. The van der Waals surface area contributed by atoms with E-state index in [4.69, 9.17) is 5.26 Å². The number of hydrogen-bond acceptors (Lipinski definition) is 3. The highest BCUT2D eigenvalue weighted by Crippen LogP contribution is 2.23. The van der Waals surface area contributed by atoms with Gasteiger partial charge in [-0.15, -0.1) is 0 Å². The highest BCUT2D eigenvalue weighted by molar-refractivity contribution is 5.91. The number of benzene rings is 1. The first-order valence-electron chi connectivity index (χ1n) is 5.36. The van der Waals surface area contributed by atoms with Crippen molar-refractivity contribution in [1.82, 2.24) is 0 Å². The van der Waals surface area contributed by atoms with Gasteiger partial charge in [0.15, 0.2) is 5.78 Å². The lowest BCUT2D eigenvalue weighted by Crippen LogP contribution is -2.19. The summed E-state index contributed by atoms with van der Waals surface area (Å²) in [4.78, 5) is 13.5. The number of nitrogens with zero attached hydrogens (tertiary/aromatic N) is 2. The molecule has 1 fully saturated rings. The monoisotopic (exact) mass is 214 g/mol. The maximum atomic E-state index is 11.5. The molecule has 0 radical (unpaired) electrons. The predicted octanol–water partition coefficient (Wildman–Crippen LogP) is 1.83. The number of nitriles is 1. The van der Waals surface area contributed by atoms with E-state index in [9.17, 15) is 4.79 Å². The van der Waals surface area contributed by atoms with Crippen LogP contribution in [0.15, 0.2) is 18.2 Å². The summed E-state index contributed by atoms with van der Waals surface area (Å²) in [6, 6.07) is 8.18. The van der Waals surface area contributed by atoms with Crippen LogP contribution in [-0.4, -0.2) is 18.9 Å². The summed E-state index contributed by atoms with van der Waals surface area (Å²) in [7, 11) is 0. The van der Waals surface area contributed by atoms with Crippen LogP contribution in [0, 0.1) is 31.1 Å². The molecule has 1 atom stereocenters. The SMILES string of the molecule is Cc1ccc(N2CC(=O)[C@@H](C#N)C2)cc1C. The highest BCUT2D eigenvalue weighted by atomic mass is 16.1. The van der Waals surface area contributed by atoms with E-state index in [0.717, 1.165) is 5.69 Å². The quantitative estimate of drug-likeness (QED) is 0.716. The molecule has 0 bridgehead atoms. The lowest BCUT2D eigenvalue weighted by atomic mass is 10.1. The van der Waals surface area contributed by atoms with Gasteiger partial charge in [0.2, 0.25) is 0 Å². The Bertz CT molecular complexity index is 473. The molecule has 0 unspecified atom stereocenters. The van der Waals surface area contributed by atoms with Crippen molar-refractivity contribution in [2.24, 2.45) is 5.92 Å². The number of carbonyl (C=O) groups excluding carboxylic acids is 1. The molecule has 0 amide bonds. The van der Waals surface area contributed by atoms with Crippen LogP contribution in [-0.2, 0) is 4.79 Å². The van der Waals surface area contributed by atoms with E-state index in [2.05, 4.69) is 26.0 Å². The maximum absolute atomic E-state index is 11.5. The number of hydrogen-bond donors (Lipinski definition) is 0. The zero-order valence-corrected chi connectivity index (χ0v) is 9.53. The third-order valence-electron chi connectivity index (χ3n) is 3.15. The molecule has 82 valence electrons. The minimum atomic E-state index is -0.457. The van der Waals surface area contributed by atoms with Crippen molar-refractivity contribution >= 4 is 11.5 Å². The summed E-state index contributed by atoms with van der Waals surface area (Å²) < 4.78 is 0. The summed E-state index contributed by atoms with van der Waals surface area (Å²) in [6.07, 6.45) is 0. The van der Waals surface area contributed by atoms with Crippen molar-refractivity contribution in [3.8, 4) is 6.07 Å². The van der Waals surface area contributed by atoms with E-state index in [1.807, 2.05) is 17.0 Å². The number of aryl methyl sites for hydroxylation is 2. The van der Waals surface area contributed by atoms with E-state index < -0.39 is 5.92 Å². The second kappa shape index (κ2) is 3.97. The Labute approximate surface area is 95.3 Å². The van der Waals surface area contributed by atoms with Crippen molar-refractivity contribution in [2.45, 2.75) is 13.8 Å². The fraction of sp³-hybridized carbons (Fsp3) is 0.385. The first kappa shape index (κ1) is 10.7. The van der Waals surface area contributed by atoms with Gasteiger partial charge in [0.1, 0.15) is 5.92 Å². The molecule has 3 heteroatoms. The van der Waals surface area contributed by atoms with Crippen molar-refractivity contribution < 1.29 is 4.79 Å². The number of ketones is 1. The van der Waals surface area contributed by atoms with Crippen LogP contribution in [0.1, 0.15) is 11.1 Å². The van der Waals surface area contributed by atoms with Crippen LogP contribution in [0.2, 0.25) is 0 Å². The van der Waals surface area contributed by atoms with Crippen LogP contribution >= 0.6 is 0 Å². The van der Waals surface area contributed by atoms with Crippen LogP contribution in [0.4, 0.5) is 5.69 Å². The lowest BCUT2D eigenvalue weighted by Gasteiger charge is -2.17. The van der Waals surface area contributed by atoms with Gasteiger partial charge in [-0.3, -0.25) is 4.79 Å². The average molecular weight is 214 g/mol. The summed E-state index contributed by atoms with van der Waals surface area (Å²) in [5, 5.41) is 8.80. The van der Waals surface area contributed by atoms with Gasteiger partial charge in [0.25, 0.3) is 0 Å². The summed E-state index contributed by atoms with van der Waals surface area (Å²) in [5.41, 5.74) is 3.49. The fourth-order valence-electron chi connectivity index (χ4n) is 1.92. The Kier molecular flexibility index (Phi) is 2.66. The van der Waals surface area contributed by atoms with E-state index in [0.29, 0.717) is 13.1 Å². The Balaban J connectivity index is 2.24. The summed E-state index contributed by atoms with van der Waals surface area (Å²) in [5.74, 6) is -0.428. The topological polar surface area (TPSA) is 44.1 Å². The third-order valence-corrected chi connectivity index (χ3v) is 3.15. The molecule has 1 aromatic rings. The van der Waals surface area contributed by atoms with E-state index in [1.165, 1.54) is 11.1 Å². The first-order chi connectivity index (χ1) is 7.61. The van der Waals surface area contributed by atoms with Crippen molar-refractivity contribution in [2.75, 3.05) is 18.0 Å². The highest BCUT2D eigenvalue weighted by Gasteiger charge is 2.30. The van der Waals surface area contributed by atoms with E-state index in [-0.39, 0.29) is 5.78 Å². The first-order valence-corrected chi connectivity index (χ1v) is 5.36. The van der Waals surface area contributed by atoms with Gasteiger partial charge in [-0.1, -0.05) is 6.07 Å². The number of anilines is 1. The number of carbonyl (C=O) groups is 1. The largest absolute Gasteiger partial charge is 0.362 e. The molecule has 0 spiro atoms. The molecular formula is C13H14N2O. The van der Waals surface area contributed by atoms with Gasteiger partial charge in [0.05, 0.1) is 12.6 Å². The summed E-state index contributed by atoms with van der Waals surface area (Å²) in [6.45, 7) is 5.00. The molecule has 3 nitrogen and oxygen atoms in total. The van der Waals surface area contributed by atoms with Gasteiger partial charge in [-0.25, -0.2) is 0 Å². The molecule has 1 saturated heterocycles. The van der Waals surface area contributed by atoms with Gasteiger partial charge >= 0.3 is 0 Å². The molecule has 16 heavy (non-hydrogen) atoms. The Hall–Kier alpha value is -1.82. The summed E-state index contributed by atoms with van der Waals surface area (Å²) >= 11 is 0. The zero-order chi connectivity index (χ0) is 11.7. The molecule has 1 aliphatic rings. The standard InChI is InChI=1S/C13H14N2O/c1-9-3-4-12(5-10(9)2)15-7-11(6-14)13(16)8-15/h3-5,11H,7-8H2,1-2H3/t11-/m0/s1. The second-order valence-electron chi connectivity index (χ2n) is 4.30. The van der Waals surface area contributed by atoms with Crippen molar-refractivity contribution in [3.63, 3.8) is 0 Å². The van der Waals surface area contributed by atoms with Gasteiger partial charge in [0, 0.05) is 12.2 Å². The second-order valence-corrected chi connectivity index (χ2v) is 4.30. The predicted molar refractivity (Wildman–Crippen MR) is 62.2 cm³/mol. The molecular weight excluding hydrogens is 200 g/mol.